The molecule has 1 aromatic carbocycles. The SMILES string of the molecule is COc1cc(Cc2cc(C(=O)N[C@H]3CCOC[C@@H]3O)nc3c(F)cccc23)cc[n+]1O. The minimum absolute atomic E-state index is 0.0615. The molecule has 31 heavy (non-hydrogen) atoms. The molecule has 8 nitrogen and oxygen atoms in total. The van der Waals surface area contributed by atoms with Crippen LogP contribution in [0.1, 0.15) is 28.0 Å². The number of aliphatic hydroxyl groups excluding tert-OH is 1. The molecular weight excluding hydrogens is 405 g/mol. The van der Waals surface area contributed by atoms with Crippen LogP contribution in [0.3, 0.4) is 0 Å². The maximum absolute atomic E-state index is 14.5. The number of carbonyl (C=O) groups is 1. The van der Waals surface area contributed by atoms with Gasteiger partial charge in [0.1, 0.15) is 17.0 Å². The van der Waals surface area contributed by atoms with Gasteiger partial charge in [0, 0.05) is 22.8 Å². The van der Waals surface area contributed by atoms with Crippen LogP contribution in [0.2, 0.25) is 0 Å². The Labute approximate surface area is 177 Å². The van der Waals surface area contributed by atoms with E-state index in [1.807, 2.05) is 0 Å². The molecule has 1 aliphatic rings. The van der Waals surface area contributed by atoms with E-state index < -0.39 is 23.9 Å². The van der Waals surface area contributed by atoms with E-state index >= 15 is 0 Å². The van der Waals surface area contributed by atoms with Crippen LogP contribution >= 0.6 is 0 Å². The van der Waals surface area contributed by atoms with Crippen LogP contribution in [0.5, 0.6) is 5.88 Å². The lowest BCUT2D eigenvalue weighted by molar-refractivity contribution is -0.906. The van der Waals surface area contributed by atoms with Crippen LogP contribution in [0.4, 0.5) is 4.39 Å². The molecule has 1 aliphatic heterocycles. The van der Waals surface area contributed by atoms with Crippen molar-refractivity contribution >= 4 is 16.8 Å². The van der Waals surface area contributed by atoms with Crippen LogP contribution in [-0.4, -0.2) is 53.7 Å². The summed E-state index contributed by atoms with van der Waals surface area (Å²) >= 11 is 0. The average molecular weight is 428 g/mol. The number of carbonyl (C=O) groups excluding carboxylic acids is 1. The van der Waals surface area contributed by atoms with Crippen molar-refractivity contribution < 1.29 is 33.7 Å². The molecule has 3 aromatic rings. The third kappa shape index (κ3) is 4.42. The number of methoxy groups -OCH3 is 1. The van der Waals surface area contributed by atoms with Crippen molar-refractivity contribution in [2.45, 2.75) is 25.0 Å². The molecule has 0 saturated carbocycles. The van der Waals surface area contributed by atoms with E-state index in [4.69, 9.17) is 9.47 Å². The van der Waals surface area contributed by atoms with Gasteiger partial charge < -0.3 is 19.9 Å². The van der Waals surface area contributed by atoms with Crippen molar-refractivity contribution in [2.24, 2.45) is 0 Å². The first-order chi connectivity index (χ1) is 15.0. The molecule has 3 N–H and O–H groups in total. The highest BCUT2D eigenvalue weighted by Crippen LogP contribution is 2.24. The van der Waals surface area contributed by atoms with Crippen molar-refractivity contribution in [3.8, 4) is 5.88 Å². The fraction of sp³-hybridized carbons (Fsp3) is 0.318. The summed E-state index contributed by atoms with van der Waals surface area (Å²) in [5, 5.41) is 23.2. The number of halogens is 1. The van der Waals surface area contributed by atoms with Gasteiger partial charge in [-0.2, -0.15) is 0 Å². The van der Waals surface area contributed by atoms with Gasteiger partial charge in [0.15, 0.2) is 0 Å². The van der Waals surface area contributed by atoms with Crippen LogP contribution < -0.4 is 14.8 Å². The Balaban J connectivity index is 1.71. The van der Waals surface area contributed by atoms with Gasteiger partial charge in [-0.15, -0.1) is 0 Å². The molecular formula is C22H23FN3O5+. The van der Waals surface area contributed by atoms with Gasteiger partial charge in [-0.25, -0.2) is 9.37 Å². The molecule has 162 valence electrons. The number of ether oxygens (including phenoxy) is 2. The topological polar surface area (TPSA) is 105 Å². The Hall–Kier alpha value is -3.30. The number of nitrogens with one attached hydrogen (secondary N) is 1. The molecule has 0 spiro atoms. The number of aliphatic hydroxyl groups is 1. The van der Waals surface area contributed by atoms with E-state index in [2.05, 4.69) is 10.3 Å². The van der Waals surface area contributed by atoms with Gasteiger partial charge >= 0.3 is 5.88 Å². The van der Waals surface area contributed by atoms with Crippen molar-refractivity contribution in [2.75, 3.05) is 20.3 Å². The monoisotopic (exact) mass is 428 g/mol. The fourth-order valence-electron chi connectivity index (χ4n) is 3.67. The molecule has 0 unspecified atom stereocenters. The third-order valence-electron chi connectivity index (χ3n) is 5.32. The zero-order chi connectivity index (χ0) is 22.0. The molecule has 9 heteroatoms. The summed E-state index contributed by atoms with van der Waals surface area (Å²) in [6.07, 6.45) is 1.47. The van der Waals surface area contributed by atoms with Gasteiger partial charge in [-0.3, -0.25) is 10.0 Å². The maximum Gasteiger partial charge on any atom is 0.416 e. The lowest BCUT2D eigenvalue weighted by Crippen LogP contribution is -2.48. The summed E-state index contributed by atoms with van der Waals surface area (Å²) in [5.41, 5.74) is 1.65. The van der Waals surface area contributed by atoms with E-state index in [0.29, 0.717) is 30.4 Å². The standard InChI is InChI=1S/C22H22FN3O5/c1-30-20-10-13(5-7-26(20)29)9-14-11-18(24-21-15(14)3-2-4-16(21)23)22(28)25-17-6-8-31-12-19(17)27/h2-5,7,10-11,17,19,27H,6,8-9,12H2,1H3,(H-,25,28,29)/p+1/t17-,19-/m0/s1. The highest BCUT2D eigenvalue weighted by Gasteiger charge is 2.26. The summed E-state index contributed by atoms with van der Waals surface area (Å²) in [6, 6.07) is 9.15. The summed E-state index contributed by atoms with van der Waals surface area (Å²) in [5.74, 6) is -0.775. The molecule has 0 radical (unpaired) electrons. The molecule has 1 saturated heterocycles. The second-order valence-electron chi connectivity index (χ2n) is 7.41. The Morgan fingerprint density at radius 3 is 3.00 bits per heavy atom. The van der Waals surface area contributed by atoms with Gasteiger partial charge in [0.25, 0.3) is 5.91 Å². The first-order valence-electron chi connectivity index (χ1n) is 9.89. The number of fused-ring (bicyclic) bond motifs is 1. The Kier molecular flexibility index (Phi) is 5.97. The first kappa shape index (κ1) is 21.0. The average Bonchev–Trinajstić information content (AvgIpc) is 2.77. The van der Waals surface area contributed by atoms with Crippen LogP contribution in [0, 0.1) is 5.82 Å². The van der Waals surface area contributed by atoms with Crippen LogP contribution in [-0.2, 0) is 11.2 Å². The zero-order valence-corrected chi connectivity index (χ0v) is 16.9. The zero-order valence-electron chi connectivity index (χ0n) is 16.9. The number of hydrogen-bond acceptors (Lipinski definition) is 6. The number of rotatable bonds is 5. The quantitative estimate of drug-likeness (QED) is 0.419. The van der Waals surface area contributed by atoms with Crippen LogP contribution in [0.15, 0.2) is 42.6 Å². The van der Waals surface area contributed by atoms with E-state index in [1.54, 1.807) is 30.3 Å². The molecule has 3 heterocycles. The first-order valence-corrected chi connectivity index (χ1v) is 9.89. The molecule has 0 aliphatic carbocycles. The fourth-order valence-corrected chi connectivity index (χ4v) is 3.67. The second kappa shape index (κ2) is 8.83. The number of aromatic nitrogens is 2. The number of nitrogens with zero attached hydrogens (tertiary/aromatic N) is 2. The van der Waals surface area contributed by atoms with Crippen molar-refractivity contribution in [1.29, 1.82) is 0 Å². The summed E-state index contributed by atoms with van der Waals surface area (Å²) < 4.78 is 25.7. The summed E-state index contributed by atoms with van der Waals surface area (Å²) in [7, 11) is 1.44. The Morgan fingerprint density at radius 2 is 2.23 bits per heavy atom. The molecule has 0 bridgehead atoms. The Morgan fingerprint density at radius 1 is 1.39 bits per heavy atom. The molecule has 4 rings (SSSR count). The van der Waals surface area contributed by atoms with Crippen molar-refractivity contribution in [1.82, 2.24) is 10.3 Å². The largest absolute Gasteiger partial charge is 0.445 e. The summed E-state index contributed by atoms with van der Waals surface area (Å²) in [6.45, 7) is 0.588. The molecule has 1 amide bonds. The Bertz CT molecular complexity index is 1120. The number of benzene rings is 1. The smallest absolute Gasteiger partial charge is 0.416 e. The van der Waals surface area contributed by atoms with Crippen molar-refractivity contribution in [3.05, 3.63) is 65.2 Å². The third-order valence-corrected chi connectivity index (χ3v) is 5.32. The molecule has 2 atom stereocenters. The predicted molar refractivity (Wildman–Crippen MR) is 108 cm³/mol. The van der Waals surface area contributed by atoms with Crippen LogP contribution in [0.25, 0.3) is 10.9 Å². The van der Waals surface area contributed by atoms with Gasteiger partial charge in [-0.05, 0) is 36.1 Å². The summed E-state index contributed by atoms with van der Waals surface area (Å²) in [4.78, 5) is 17.1. The van der Waals surface area contributed by atoms with E-state index in [-0.39, 0.29) is 23.7 Å². The highest BCUT2D eigenvalue weighted by molar-refractivity contribution is 5.96. The normalized spacial score (nSPS) is 18.7. The minimum Gasteiger partial charge on any atom is -0.445 e. The second-order valence-corrected chi connectivity index (χ2v) is 7.41. The predicted octanol–water partition coefficient (Wildman–Crippen LogP) is 1.38. The minimum atomic E-state index is -0.809. The highest BCUT2D eigenvalue weighted by atomic mass is 19.1. The maximum atomic E-state index is 14.5. The molecule has 1 fully saturated rings. The van der Waals surface area contributed by atoms with E-state index in [1.165, 1.54) is 19.4 Å². The van der Waals surface area contributed by atoms with E-state index in [0.717, 1.165) is 10.3 Å². The van der Waals surface area contributed by atoms with Gasteiger partial charge in [0.2, 0.25) is 6.20 Å². The lowest BCUT2D eigenvalue weighted by atomic mass is 10.00. The number of pyridine rings is 2. The number of hydrogen-bond donors (Lipinski definition) is 3. The van der Waals surface area contributed by atoms with Gasteiger partial charge in [0.05, 0.1) is 31.9 Å². The van der Waals surface area contributed by atoms with Crippen molar-refractivity contribution in [3.63, 3.8) is 0 Å². The van der Waals surface area contributed by atoms with Gasteiger partial charge in [-0.1, -0.05) is 12.1 Å². The number of para-hydroxylation sites is 1. The molecule has 2 aromatic heterocycles. The van der Waals surface area contributed by atoms with E-state index in [9.17, 15) is 19.5 Å². The lowest BCUT2D eigenvalue weighted by Gasteiger charge is -2.28. The number of amides is 1.